The molecule has 3 rings (SSSR count). The first-order valence-corrected chi connectivity index (χ1v) is 8.07. The van der Waals surface area contributed by atoms with Crippen LogP contribution in [0.5, 0.6) is 5.75 Å². The lowest BCUT2D eigenvalue weighted by Crippen LogP contribution is -2.53. The van der Waals surface area contributed by atoms with Crippen LogP contribution in [0.2, 0.25) is 5.02 Å². The number of anilines is 3. The maximum atomic E-state index is 12.6. The first-order chi connectivity index (χ1) is 11.9. The number of nitrogens with two attached hydrogens (primary N) is 1. The van der Waals surface area contributed by atoms with Crippen LogP contribution in [0.1, 0.15) is 13.8 Å². The first-order valence-electron chi connectivity index (χ1n) is 7.69. The number of fused-ring (bicyclic) bond motifs is 1. The number of hydrogen-bond acceptors (Lipinski definition) is 5. The van der Waals surface area contributed by atoms with Crippen molar-refractivity contribution in [1.29, 1.82) is 0 Å². The number of benzene rings is 1. The molecule has 2 atom stereocenters. The van der Waals surface area contributed by atoms with Gasteiger partial charge in [0.25, 0.3) is 5.91 Å². The van der Waals surface area contributed by atoms with Gasteiger partial charge in [0.05, 0.1) is 0 Å². The summed E-state index contributed by atoms with van der Waals surface area (Å²) in [6.07, 6.45) is -0.719. The second kappa shape index (κ2) is 6.60. The molecule has 8 heteroatoms. The summed E-state index contributed by atoms with van der Waals surface area (Å²) in [6.45, 7) is 3.24. The fourth-order valence-corrected chi connectivity index (χ4v) is 2.65. The van der Waals surface area contributed by atoms with Crippen molar-refractivity contribution in [3.8, 4) is 5.75 Å². The number of hydrogen-bond donors (Lipinski definition) is 2. The maximum absolute atomic E-state index is 12.6. The number of ether oxygens (including phenoxy) is 1. The highest BCUT2D eigenvalue weighted by molar-refractivity contribution is 6.30. The molecule has 0 aliphatic carbocycles. The maximum Gasteiger partial charge on any atom is 0.269 e. The molecule has 0 fully saturated rings. The van der Waals surface area contributed by atoms with Gasteiger partial charge in [0, 0.05) is 10.7 Å². The molecule has 7 nitrogen and oxygen atoms in total. The minimum atomic E-state index is -0.803. The molecule has 130 valence electrons. The molecule has 0 bridgehead atoms. The molecule has 0 spiro atoms. The van der Waals surface area contributed by atoms with Gasteiger partial charge in [-0.3, -0.25) is 14.5 Å². The Morgan fingerprint density at radius 3 is 2.68 bits per heavy atom. The van der Waals surface area contributed by atoms with Crippen molar-refractivity contribution in [3.05, 3.63) is 41.4 Å². The number of pyridine rings is 1. The van der Waals surface area contributed by atoms with E-state index < -0.39 is 12.1 Å². The smallest absolute Gasteiger partial charge is 0.269 e. The van der Waals surface area contributed by atoms with Crippen molar-refractivity contribution in [1.82, 2.24) is 4.98 Å². The molecule has 2 aromatic rings. The molecule has 2 amide bonds. The Morgan fingerprint density at radius 2 is 2.00 bits per heavy atom. The normalized spacial score (nSPS) is 17.5. The molecule has 25 heavy (non-hydrogen) atoms. The van der Waals surface area contributed by atoms with Gasteiger partial charge >= 0.3 is 0 Å². The van der Waals surface area contributed by atoms with E-state index in [1.54, 1.807) is 50.2 Å². The zero-order valence-corrected chi connectivity index (χ0v) is 14.4. The van der Waals surface area contributed by atoms with Gasteiger partial charge in [-0.2, -0.15) is 0 Å². The number of aromatic nitrogens is 1. The van der Waals surface area contributed by atoms with E-state index in [0.29, 0.717) is 16.5 Å². The van der Waals surface area contributed by atoms with Gasteiger partial charge in [0.15, 0.2) is 17.7 Å². The van der Waals surface area contributed by atoms with Crippen LogP contribution in [-0.4, -0.2) is 28.9 Å². The minimum Gasteiger partial charge on any atom is -0.477 e. The van der Waals surface area contributed by atoms with Gasteiger partial charge in [-0.1, -0.05) is 11.6 Å². The molecule has 0 saturated carbocycles. The van der Waals surface area contributed by atoms with Crippen LogP contribution in [0.15, 0.2) is 36.4 Å². The predicted octanol–water partition coefficient (Wildman–Crippen LogP) is 2.46. The zero-order chi connectivity index (χ0) is 18.1. The summed E-state index contributed by atoms with van der Waals surface area (Å²) in [6, 6.07) is 9.11. The molecular formula is C17H17ClN4O3. The molecule has 1 aromatic carbocycles. The molecule has 1 aliphatic rings. The highest BCUT2D eigenvalue weighted by atomic mass is 35.5. The fourth-order valence-electron chi connectivity index (χ4n) is 2.53. The molecule has 2 unspecified atom stereocenters. The second-order valence-electron chi connectivity index (χ2n) is 5.70. The van der Waals surface area contributed by atoms with Crippen LogP contribution < -0.4 is 20.7 Å². The molecular weight excluding hydrogens is 344 g/mol. The van der Waals surface area contributed by atoms with Gasteiger partial charge in [-0.05, 0) is 50.2 Å². The van der Waals surface area contributed by atoms with E-state index in [-0.39, 0.29) is 23.5 Å². The summed E-state index contributed by atoms with van der Waals surface area (Å²) in [7, 11) is 0. The van der Waals surface area contributed by atoms with Crippen molar-refractivity contribution >= 4 is 40.7 Å². The number of nitrogens with zero attached hydrogens (tertiary/aromatic N) is 2. The van der Waals surface area contributed by atoms with Crippen LogP contribution in [0, 0.1) is 0 Å². The third kappa shape index (κ3) is 3.36. The topological polar surface area (TPSA) is 97.6 Å². The number of halogens is 1. The number of carbonyl (C=O) groups excluding carboxylic acids is 2. The first kappa shape index (κ1) is 17.0. The highest BCUT2D eigenvalue weighted by Crippen LogP contribution is 2.34. The third-order valence-electron chi connectivity index (χ3n) is 3.86. The second-order valence-corrected chi connectivity index (χ2v) is 6.13. The lowest BCUT2D eigenvalue weighted by Gasteiger charge is -2.35. The van der Waals surface area contributed by atoms with E-state index in [0.717, 1.165) is 0 Å². The molecule has 3 N–H and O–H groups in total. The van der Waals surface area contributed by atoms with E-state index in [9.17, 15) is 9.59 Å². The van der Waals surface area contributed by atoms with Crippen LogP contribution in [0.3, 0.4) is 0 Å². The van der Waals surface area contributed by atoms with E-state index in [1.807, 2.05) is 0 Å². The minimum absolute atomic E-state index is 0.236. The number of carbonyl (C=O) groups is 2. The quantitative estimate of drug-likeness (QED) is 0.876. The predicted molar refractivity (Wildman–Crippen MR) is 95.8 cm³/mol. The van der Waals surface area contributed by atoms with E-state index in [1.165, 1.54) is 4.90 Å². The van der Waals surface area contributed by atoms with E-state index >= 15 is 0 Å². The summed E-state index contributed by atoms with van der Waals surface area (Å²) in [5.74, 6) is 0.165. The Labute approximate surface area is 149 Å². The Morgan fingerprint density at radius 1 is 1.32 bits per heavy atom. The fraction of sp³-hybridized carbons (Fsp3) is 0.235. The van der Waals surface area contributed by atoms with Gasteiger partial charge < -0.3 is 15.8 Å². The summed E-state index contributed by atoms with van der Waals surface area (Å²) in [5, 5.41) is 3.32. The molecule has 0 radical (unpaired) electrons. The van der Waals surface area contributed by atoms with Crippen molar-refractivity contribution in [2.45, 2.75) is 26.0 Å². The highest BCUT2D eigenvalue weighted by Gasteiger charge is 2.38. The number of nitrogen functional groups attached to an aromatic ring is 1. The summed E-state index contributed by atoms with van der Waals surface area (Å²) in [5.41, 5.74) is 6.30. The monoisotopic (exact) mass is 360 g/mol. The number of nitrogens with one attached hydrogen (secondary N) is 1. The van der Waals surface area contributed by atoms with Gasteiger partial charge in [0.1, 0.15) is 11.9 Å². The van der Waals surface area contributed by atoms with Crippen molar-refractivity contribution in [3.63, 3.8) is 0 Å². The van der Waals surface area contributed by atoms with Crippen LogP contribution in [-0.2, 0) is 9.59 Å². The van der Waals surface area contributed by atoms with Crippen LogP contribution >= 0.6 is 11.6 Å². The lowest BCUT2D eigenvalue weighted by molar-refractivity contribution is -0.128. The Bertz CT molecular complexity index is 825. The average molecular weight is 361 g/mol. The van der Waals surface area contributed by atoms with Gasteiger partial charge in [-0.25, -0.2) is 4.98 Å². The average Bonchev–Trinajstić information content (AvgIpc) is 2.58. The summed E-state index contributed by atoms with van der Waals surface area (Å²) >= 11 is 5.84. The van der Waals surface area contributed by atoms with E-state index in [4.69, 9.17) is 22.1 Å². The summed E-state index contributed by atoms with van der Waals surface area (Å²) in [4.78, 5) is 30.6. The van der Waals surface area contributed by atoms with Gasteiger partial charge in [0.2, 0.25) is 5.91 Å². The SMILES string of the molecule is CC1Oc2ccc(N)nc2N(C(C)C(=O)Nc2ccc(Cl)cc2)C1=O. The third-order valence-corrected chi connectivity index (χ3v) is 4.11. The van der Waals surface area contributed by atoms with Crippen molar-refractivity contribution < 1.29 is 14.3 Å². The van der Waals surface area contributed by atoms with Crippen LogP contribution in [0.25, 0.3) is 0 Å². The molecule has 1 aliphatic heterocycles. The molecule has 0 saturated heterocycles. The largest absolute Gasteiger partial charge is 0.477 e. The lowest BCUT2D eigenvalue weighted by atomic mass is 10.1. The van der Waals surface area contributed by atoms with Gasteiger partial charge in [-0.15, -0.1) is 0 Å². The Balaban J connectivity index is 1.88. The standard InChI is InChI=1S/C17H17ClN4O3/c1-9(16(23)20-12-5-3-11(18)4-6-12)22-15-13(7-8-14(19)21-15)25-10(2)17(22)24/h3-10H,1-2H3,(H2,19,21)(H,20,23). The Kier molecular flexibility index (Phi) is 4.50. The Hall–Kier alpha value is -2.80. The number of rotatable bonds is 3. The molecule has 2 heterocycles. The molecule has 1 aromatic heterocycles. The summed E-state index contributed by atoms with van der Waals surface area (Å²) < 4.78 is 5.54. The van der Waals surface area contributed by atoms with Crippen molar-refractivity contribution in [2.24, 2.45) is 0 Å². The van der Waals surface area contributed by atoms with E-state index in [2.05, 4.69) is 10.3 Å². The zero-order valence-electron chi connectivity index (χ0n) is 13.7. The van der Waals surface area contributed by atoms with Crippen molar-refractivity contribution in [2.75, 3.05) is 16.0 Å². The van der Waals surface area contributed by atoms with Crippen LogP contribution in [0.4, 0.5) is 17.3 Å². The number of amides is 2.